The molecule has 4 aromatic heterocycles. The second kappa shape index (κ2) is 14.9. The van der Waals surface area contributed by atoms with Gasteiger partial charge >= 0.3 is 41.5 Å². The van der Waals surface area contributed by atoms with Crippen LogP contribution in [-0.4, -0.2) is 31.6 Å². The fraction of sp³-hybridized carbons (Fsp3) is 0.0256. The first-order valence-corrected chi connectivity index (χ1v) is 14.7. The summed E-state index contributed by atoms with van der Waals surface area (Å²) in [5.41, 5.74) is 4.69. The first kappa shape index (κ1) is 33.7. The molecule has 8 aromatic rings. The molecule has 0 aliphatic heterocycles. The summed E-state index contributed by atoms with van der Waals surface area (Å²) in [6.07, 6.45) is 6.75. The molecule has 0 N–H and O–H groups in total. The molecule has 0 amide bonds. The normalized spacial score (nSPS) is 10.6. The number of fused-ring (bicyclic) bond motifs is 3. The molecule has 0 bridgehead atoms. The van der Waals surface area contributed by atoms with Crippen molar-refractivity contribution in [2.75, 3.05) is 7.11 Å². The maximum atomic E-state index is 6.27. The van der Waals surface area contributed by atoms with Crippen LogP contribution in [0.25, 0.3) is 50.3 Å². The van der Waals surface area contributed by atoms with Gasteiger partial charge in [0.05, 0.1) is 19.5 Å². The zero-order chi connectivity index (χ0) is 31.6. The van der Waals surface area contributed by atoms with Crippen molar-refractivity contribution in [2.24, 2.45) is 0 Å². The van der Waals surface area contributed by atoms with E-state index < -0.39 is 0 Å². The summed E-state index contributed by atoms with van der Waals surface area (Å²) in [5.74, 6) is 3.04. The van der Waals surface area contributed by atoms with Crippen molar-refractivity contribution in [3.05, 3.63) is 146 Å². The van der Waals surface area contributed by atoms with E-state index >= 15 is 0 Å². The van der Waals surface area contributed by atoms with Crippen LogP contribution in [0, 0.1) is 24.3 Å². The predicted molar refractivity (Wildman–Crippen MR) is 178 cm³/mol. The number of rotatable bonds is 8. The molecule has 10 heteroatoms. The molecule has 0 spiro atoms. The van der Waals surface area contributed by atoms with E-state index in [1.807, 2.05) is 102 Å². The smallest absolute Gasteiger partial charge is 0.503 e. The second-order valence-corrected chi connectivity index (χ2v) is 10.4. The van der Waals surface area contributed by atoms with E-state index in [0.717, 1.165) is 33.3 Å². The third kappa shape index (κ3) is 7.02. The average molecular weight is 911 g/mol. The Bertz CT molecular complexity index is 2210. The zero-order valence-electron chi connectivity index (χ0n) is 25.6. The largest absolute Gasteiger partial charge is 2.00 e. The van der Waals surface area contributed by atoms with Crippen LogP contribution >= 0.6 is 0 Å². The number of pyridine rings is 2. The van der Waals surface area contributed by atoms with Gasteiger partial charge in [-0.3, -0.25) is 0 Å². The van der Waals surface area contributed by atoms with Gasteiger partial charge in [-0.05, 0) is 23.5 Å². The van der Waals surface area contributed by atoms with E-state index in [1.54, 1.807) is 31.9 Å². The number of nitrogens with zero attached hydrogens (tertiary/aromatic N) is 5. The van der Waals surface area contributed by atoms with Crippen LogP contribution in [0.1, 0.15) is 0 Å². The Morgan fingerprint density at radius 1 is 0.531 bits per heavy atom. The molecule has 0 radical (unpaired) electrons. The van der Waals surface area contributed by atoms with Crippen LogP contribution in [0.5, 0.6) is 28.7 Å². The summed E-state index contributed by atoms with van der Waals surface area (Å²) in [5, 5.41) is 1.84. The Kier molecular flexibility index (Phi) is 10.3. The molecule has 4 aromatic carbocycles. The minimum Gasteiger partial charge on any atom is -0.503 e. The Balaban J connectivity index is 0.00000208. The van der Waals surface area contributed by atoms with Crippen LogP contribution in [0.3, 0.4) is 0 Å². The van der Waals surface area contributed by atoms with Gasteiger partial charge in [0.2, 0.25) is 5.95 Å². The van der Waals surface area contributed by atoms with E-state index in [4.69, 9.17) is 14.2 Å². The first-order valence-electron chi connectivity index (χ1n) is 14.7. The molecule has 0 saturated heterocycles. The average Bonchev–Trinajstić information content (AvgIpc) is 3.45. The van der Waals surface area contributed by atoms with Crippen molar-refractivity contribution in [3.63, 3.8) is 0 Å². The number of aromatic nitrogens is 5. The van der Waals surface area contributed by atoms with E-state index in [-0.39, 0.29) is 41.5 Å². The maximum absolute atomic E-state index is 6.27. The van der Waals surface area contributed by atoms with Crippen molar-refractivity contribution < 1.29 is 55.7 Å². The number of ether oxygens (including phenoxy) is 3. The quantitative estimate of drug-likeness (QED) is 0.112. The van der Waals surface area contributed by atoms with Gasteiger partial charge in [0.15, 0.2) is 5.75 Å². The summed E-state index contributed by atoms with van der Waals surface area (Å²) in [6, 6.07) is 44.2. The molecule has 242 valence electrons. The van der Waals surface area contributed by atoms with Crippen molar-refractivity contribution in [1.82, 2.24) is 24.5 Å². The monoisotopic (exact) mass is 910 g/mol. The summed E-state index contributed by atoms with van der Waals surface area (Å²) in [6.45, 7) is 0. The molecule has 0 aliphatic rings. The summed E-state index contributed by atoms with van der Waals surface area (Å²) in [7, 11) is 1.58. The molecule has 0 unspecified atom stereocenters. The number of methoxy groups -OCH3 is 1. The molecule has 8 nitrogen and oxygen atoms in total. The minimum absolute atomic E-state index is 0. The van der Waals surface area contributed by atoms with Gasteiger partial charge in [0, 0.05) is 35.4 Å². The number of benzene rings is 4. The van der Waals surface area contributed by atoms with Crippen LogP contribution in [0.4, 0.5) is 0 Å². The second-order valence-electron chi connectivity index (χ2n) is 10.4. The van der Waals surface area contributed by atoms with Gasteiger partial charge in [0.1, 0.15) is 0 Å². The summed E-state index contributed by atoms with van der Waals surface area (Å²) in [4.78, 5) is 18.0. The number of hydrogen-bond acceptors (Lipinski definition) is 7. The van der Waals surface area contributed by atoms with E-state index in [9.17, 15) is 0 Å². The van der Waals surface area contributed by atoms with Gasteiger partial charge in [-0.25, -0.2) is 9.97 Å². The van der Waals surface area contributed by atoms with E-state index in [1.165, 1.54) is 0 Å². The van der Waals surface area contributed by atoms with Crippen LogP contribution in [0.2, 0.25) is 0 Å². The third-order valence-corrected chi connectivity index (χ3v) is 7.44. The van der Waals surface area contributed by atoms with Crippen molar-refractivity contribution in [1.29, 1.82) is 0 Å². The van der Waals surface area contributed by atoms with Crippen LogP contribution in [0.15, 0.2) is 122 Å². The predicted octanol–water partition coefficient (Wildman–Crippen LogP) is 8.49. The SMILES string of the molecule is COc1cnc(-n2c3[c-]c(Oc4[c-]c(-c5ccccn5)ccc4)ccc3c3ccc(Oc4[c-]c(-c5ccccn5)ccc4)[c-]c32)nc1.[Pd+2].[Pt+2]. The summed E-state index contributed by atoms with van der Waals surface area (Å²) < 4.78 is 19.7. The Hall–Kier alpha value is -5.19. The molecule has 0 aliphatic carbocycles. The van der Waals surface area contributed by atoms with E-state index in [2.05, 4.69) is 44.2 Å². The number of hydrogen-bond donors (Lipinski definition) is 0. The Morgan fingerprint density at radius 3 is 1.47 bits per heavy atom. The molecule has 0 fully saturated rings. The Labute approximate surface area is 310 Å². The van der Waals surface area contributed by atoms with Gasteiger partial charge in [-0.15, -0.1) is 71.8 Å². The summed E-state index contributed by atoms with van der Waals surface area (Å²) >= 11 is 0. The van der Waals surface area contributed by atoms with E-state index in [0.29, 0.717) is 45.7 Å². The molecule has 8 rings (SSSR count). The van der Waals surface area contributed by atoms with Gasteiger partial charge in [-0.2, -0.15) is 22.9 Å². The maximum Gasteiger partial charge on any atom is 2.00 e. The molecule has 4 heterocycles. The van der Waals surface area contributed by atoms with Crippen LogP contribution in [-0.2, 0) is 41.5 Å². The van der Waals surface area contributed by atoms with Gasteiger partial charge in [-0.1, -0.05) is 47.4 Å². The molecular weight excluding hydrogens is 888 g/mol. The van der Waals surface area contributed by atoms with Crippen LogP contribution < -0.4 is 14.2 Å². The molecular formula is C39H23N5O3PdPt. The Morgan fingerprint density at radius 2 is 1.02 bits per heavy atom. The standard InChI is InChI=1S/C39H23N5O3.Pd.Pt/c1-45-32-24-42-39(43-25-32)44-37-22-30(46-28-10-6-8-26(20-28)35-12-2-4-18-40-35)14-16-33(37)34-17-15-31(23-38(34)44)47-29-11-7-9-27(21-29)36-13-3-5-19-41-36;;/h2-19,24-25H,1H3;;/q-4;2*+2. The minimum atomic E-state index is 0. The zero-order valence-corrected chi connectivity index (χ0v) is 29.5. The molecule has 0 atom stereocenters. The third-order valence-electron chi connectivity index (χ3n) is 7.44. The van der Waals surface area contributed by atoms with Crippen molar-refractivity contribution in [3.8, 4) is 57.2 Å². The molecule has 49 heavy (non-hydrogen) atoms. The van der Waals surface area contributed by atoms with Crippen molar-refractivity contribution >= 4 is 21.8 Å². The first-order chi connectivity index (χ1) is 23.2. The fourth-order valence-corrected chi connectivity index (χ4v) is 5.27. The van der Waals surface area contributed by atoms with Gasteiger partial charge < -0.3 is 28.7 Å². The fourth-order valence-electron chi connectivity index (χ4n) is 5.27. The molecule has 0 saturated carbocycles. The van der Waals surface area contributed by atoms with Crippen molar-refractivity contribution in [2.45, 2.75) is 0 Å². The van der Waals surface area contributed by atoms with Gasteiger partial charge in [0.25, 0.3) is 0 Å². The topological polar surface area (TPSA) is 84.2 Å².